The van der Waals surface area contributed by atoms with Gasteiger partial charge in [-0.2, -0.15) is 0 Å². The summed E-state index contributed by atoms with van der Waals surface area (Å²) in [6, 6.07) is 0. The summed E-state index contributed by atoms with van der Waals surface area (Å²) in [5.41, 5.74) is 0.958. The molecule has 1 rings (SSSR count). The molecule has 2 atom stereocenters. The zero-order valence-corrected chi connectivity index (χ0v) is 7.02. The summed E-state index contributed by atoms with van der Waals surface area (Å²) < 4.78 is 1.68. The Balaban J connectivity index is 2.84. The highest BCUT2D eigenvalue weighted by Gasteiger charge is 2.14. The van der Waals surface area contributed by atoms with Crippen molar-refractivity contribution in [2.45, 2.75) is 25.9 Å². The van der Waals surface area contributed by atoms with E-state index in [4.69, 9.17) is 0 Å². The number of aliphatic hydroxyl groups is 1. The van der Waals surface area contributed by atoms with Gasteiger partial charge in [0.2, 0.25) is 0 Å². The summed E-state index contributed by atoms with van der Waals surface area (Å²) in [5.74, 6) is 0.0926. The molecule has 62 valence electrons. The molecule has 0 aliphatic heterocycles. The maximum Gasteiger partial charge on any atom is 0.0728 e. The second kappa shape index (κ2) is 3.00. The summed E-state index contributed by atoms with van der Waals surface area (Å²) in [7, 11) is 1.82. The molecular formula is C7H13N3O. The second-order valence-electron chi connectivity index (χ2n) is 2.81. The van der Waals surface area contributed by atoms with Crippen LogP contribution in [0.2, 0.25) is 0 Å². The van der Waals surface area contributed by atoms with E-state index in [0.717, 1.165) is 5.69 Å². The molecule has 0 radical (unpaired) electrons. The van der Waals surface area contributed by atoms with E-state index in [0.29, 0.717) is 0 Å². The van der Waals surface area contributed by atoms with E-state index in [1.54, 1.807) is 17.8 Å². The van der Waals surface area contributed by atoms with Crippen molar-refractivity contribution in [3.63, 3.8) is 0 Å². The van der Waals surface area contributed by atoms with E-state index in [1.807, 2.05) is 14.0 Å². The number of aliphatic hydroxyl groups excluding tert-OH is 1. The monoisotopic (exact) mass is 155 g/mol. The number of aromatic nitrogens is 3. The third-order valence-electron chi connectivity index (χ3n) is 1.94. The Morgan fingerprint density at radius 2 is 2.18 bits per heavy atom. The zero-order valence-electron chi connectivity index (χ0n) is 7.02. The molecule has 2 unspecified atom stereocenters. The molecule has 1 heterocycles. The number of nitrogens with zero attached hydrogens (tertiary/aromatic N) is 3. The highest BCUT2D eigenvalue weighted by molar-refractivity contribution is 5.02. The third-order valence-corrected chi connectivity index (χ3v) is 1.94. The van der Waals surface area contributed by atoms with E-state index in [1.165, 1.54) is 0 Å². The smallest absolute Gasteiger partial charge is 0.0728 e. The SMILES string of the molecule is CC(O)C(C)c1cnnn1C. The fraction of sp³-hybridized carbons (Fsp3) is 0.714. The van der Waals surface area contributed by atoms with Crippen LogP contribution in [0.5, 0.6) is 0 Å². The molecule has 0 spiro atoms. The minimum absolute atomic E-state index is 0.0926. The number of aryl methyl sites for hydroxylation is 1. The molecule has 1 aromatic rings. The van der Waals surface area contributed by atoms with E-state index < -0.39 is 0 Å². The van der Waals surface area contributed by atoms with E-state index in [-0.39, 0.29) is 12.0 Å². The molecule has 1 N–H and O–H groups in total. The van der Waals surface area contributed by atoms with Crippen molar-refractivity contribution >= 4 is 0 Å². The maximum atomic E-state index is 9.25. The van der Waals surface area contributed by atoms with Crippen LogP contribution in [0.3, 0.4) is 0 Å². The number of rotatable bonds is 2. The van der Waals surface area contributed by atoms with Crippen LogP contribution in [0.4, 0.5) is 0 Å². The highest BCUT2D eigenvalue weighted by Crippen LogP contribution is 2.16. The number of hydrogen-bond acceptors (Lipinski definition) is 3. The van der Waals surface area contributed by atoms with Gasteiger partial charge < -0.3 is 5.11 Å². The van der Waals surface area contributed by atoms with Gasteiger partial charge in [-0.05, 0) is 6.92 Å². The van der Waals surface area contributed by atoms with Crippen molar-refractivity contribution < 1.29 is 5.11 Å². The first-order valence-electron chi connectivity index (χ1n) is 3.65. The Morgan fingerprint density at radius 1 is 1.55 bits per heavy atom. The van der Waals surface area contributed by atoms with Gasteiger partial charge >= 0.3 is 0 Å². The Labute approximate surface area is 65.8 Å². The Kier molecular flexibility index (Phi) is 2.24. The lowest BCUT2D eigenvalue weighted by molar-refractivity contribution is 0.165. The summed E-state index contributed by atoms with van der Waals surface area (Å²) in [6.07, 6.45) is 1.32. The quantitative estimate of drug-likeness (QED) is 0.668. The van der Waals surface area contributed by atoms with Crippen LogP contribution >= 0.6 is 0 Å². The topological polar surface area (TPSA) is 50.9 Å². The van der Waals surface area contributed by atoms with Crippen molar-refractivity contribution in [2.75, 3.05) is 0 Å². The zero-order chi connectivity index (χ0) is 8.43. The van der Waals surface area contributed by atoms with Gasteiger partial charge in [0.15, 0.2) is 0 Å². The molecule has 0 aromatic carbocycles. The van der Waals surface area contributed by atoms with E-state index in [2.05, 4.69) is 10.3 Å². The molecule has 0 saturated carbocycles. The van der Waals surface area contributed by atoms with Gasteiger partial charge in [-0.3, -0.25) is 4.68 Å². The molecule has 4 heteroatoms. The highest BCUT2D eigenvalue weighted by atomic mass is 16.3. The molecular weight excluding hydrogens is 142 g/mol. The van der Waals surface area contributed by atoms with Gasteiger partial charge in [0.25, 0.3) is 0 Å². The van der Waals surface area contributed by atoms with Crippen LogP contribution < -0.4 is 0 Å². The minimum atomic E-state index is -0.354. The first kappa shape index (κ1) is 8.20. The van der Waals surface area contributed by atoms with E-state index >= 15 is 0 Å². The molecule has 0 saturated heterocycles. The lowest BCUT2D eigenvalue weighted by Crippen LogP contribution is -2.14. The largest absolute Gasteiger partial charge is 0.393 e. The molecule has 11 heavy (non-hydrogen) atoms. The molecule has 0 amide bonds. The van der Waals surface area contributed by atoms with Crippen LogP contribution in [0.1, 0.15) is 25.5 Å². The molecule has 4 nitrogen and oxygen atoms in total. The van der Waals surface area contributed by atoms with Gasteiger partial charge in [0.1, 0.15) is 0 Å². The summed E-state index contributed by atoms with van der Waals surface area (Å²) in [6.45, 7) is 3.71. The molecule has 0 aliphatic carbocycles. The van der Waals surface area contributed by atoms with Crippen LogP contribution in [0.15, 0.2) is 6.20 Å². The third kappa shape index (κ3) is 1.57. The van der Waals surface area contributed by atoms with Gasteiger partial charge in [-0.1, -0.05) is 12.1 Å². The minimum Gasteiger partial charge on any atom is -0.393 e. The first-order valence-corrected chi connectivity index (χ1v) is 3.65. The first-order chi connectivity index (χ1) is 5.13. The van der Waals surface area contributed by atoms with Crippen LogP contribution in [0.25, 0.3) is 0 Å². The van der Waals surface area contributed by atoms with Crippen molar-refractivity contribution in [1.82, 2.24) is 15.0 Å². The predicted octanol–water partition coefficient (Wildman–Crippen LogP) is 0.299. The molecule has 0 fully saturated rings. The molecule has 0 aliphatic rings. The van der Waals surface area contributed by atoms with Crippen LogP contribution in [0, 0.1) is 0 Å². The standard InChI is InChI=1S/C7H13N3O/c1-5(6(2)11)7-4-8-9-10(7)3/h4-6,11H,1-3H3. The van der Waals surface area contributed by atoms with Gasteiger partial charge in [0.05, 0.1) is 18.0 Å². The van der Waals surface area contributed by atoms with Crippen molar-refractivity contribution in [3.05, 3.63) is 11.9 Å². The number of hydrogen-bond donors (Lipinski definition) is 1. The fourth-order valence-corrected chi connectivity index (χ4v) is 0.957. The summed E-state index contributed by atoms with van der Waals surface area (Å²) in [5, 5.41) is 16.8. The molecule has 1 aromatic heterocycles. The lowest BCUT2D eigenvalue weighted by Gasteiger charge is -2.13. The molecule has 0 bridgehead atoms. The van der Waals surface area contributed by atoms with E-state index in [9.17, 15) is 5.11 Å². The average Bonchev–Trinajstić information content (AvgIpc) is 2.33. The second-order valence-corrected chi connectivity index (χ2v) is 2.81. The van der Waals surface area contributed by atoms with Crippen molar-refractivity contribution in [2.24, 2.45) is 7.05 Å². The van der Waals surface area contributed by atoms with Gasteiger partial charge in [-0.25, -0.2) is 0 Å². The van der Waals surface area contributed by atoms with Crippen LogP contribution in [-0.2, 0) is 7.05 Å². The van der Waals surface area contributed by atoms with Gasteiger partial charge in [-0.15, -0.1) is 5.10 Å². The Bertz CT molecular complexity index is 231. The van der Waals surface area contributed by atoms with Crippen LogP contribution in [-0.4, -0.2) is 26.2 Å². The Morgan fingerprint density at radius 3 is 2.55 bits per heavy atom. The summed E-state index contributed by atoms with van der Waals surface area (Å²) >= 11 is 0. The average molecular weight is 155 g/mol. The van der Waals surface area contributed by atoms with Gasteiger partial charge in [0, 0.05) is 13.0 Å². The van der Waals surface area contributed by atoms with Crippen molar-refractivity contribution in [3.8, 4) is 0 Å². The Hall–Kier alpha value is -0.900. The fourth-order valence-electron chi connectivity index (χ4n) is 0.957. The summed E-state index contributed by atoms with van der Waals surface area (Å²) in [4.78, 5) is 0. The van der Waals surface area contributed by atoms with Crippen molar-refractivity contribution in [1.29, 1.82) is 0 Å². The predicted molar refractivity (Wildman–Crippen MR) is 41.1 cm³/mol. The normalized spacial score (nSPS) is 16.4. The lowest BCUT2D eigenvalue weighted by atomic mass is 10.0. The maximum absolute atomic E-state index is 9.25.